The van der Waals surface area contributed by atoms with Crippen molar-refractivity contribution in [2.24, 2.45) is 16.7 Å². The van der Waals surface area contributed by atoms with Crippen molar-refractivity contribution in [2.45, 2.75) is 78.0 Å². The molecule has 2 unspecified atom stereocenters. The van der Waals surface area contributed by atoms with E-state index < -0.39 is 0 Å². The molecule has 4 bridgehead atoms. The Labute approximate surface area is 208 Å². The molecule has 4 aliphatic rings. The van der Waals surface area contributed by atoms with Crippen LogP contribution in [0.5, 0.6) is 11.5 Å². The Bertz CT molecular complexity index is 1020. The summed E-state index contributed by atoms with van der Waals surface area (Å²) in [6.07, 6.45) is 8.20. The summed E-state index contributed by atoms with van der Waals surface area (Å²) in [4.78, 5) is 0. The van der Waals surface area contributed by atoms with Crippen LogP contribution in [0.25, 0.3) is 0 Å². The van der Waals surface area contributed by atoms with Crippen molar-refractivity contribution in [3.63, 3.8) is 0 Å². The Hall–Kier alpha value is -1.42. The highest BCUT2D eigenvalue weighted by Crippen LogP contribution is 2.66. The monoisotopic (exact) mass is 487 g/mol. The number of ether oxygens (including phenoxy) is 2. The van der Waals surface area contributed by atoms with Gasteiger partial charge in [0.15, 0.2) is 11.5 Å². The van der Waals surface area contributed by atoms with E-state index in [0.717, 1.165) is 29.5 Å². The molecule has 0 spiro atoms. The quantitative estimate of drug-likeness (QED) is 0.411. The van der Waals surface area contributed by atoms with Crippen LogP contribution in [0, 0.1) is 16.7 Å². The number of benzene rings is 2. The van der Waals surface area contributed by atoms with Crippen molar-refractivity contribution in [1.29, 1.82) is 0 Å². The van der Waals surface area contributed by atoms with Gasteiger partial charge in [-0.05, 0) is 92.0 Å². The Balaban J connectivity index is 1.28. The fraction of sp³-hybridized carbons (Fsp3) is 0.571. The molecule has 0 aromatic heterocycles. The fourth-order valence-corrected chi connectivity index (χ4v) is 8.24. The summed E-state index contributed by atoms with van der Waals surface area (Å²) in [7, 11) is 0. The molecule has 6 rings (SSSR count). The molecule has 33 heavy (non-hydrogen) atoms. The normalized spacial score (nSPS) is 32.2. The number of hydrogen-bond acceptors (Lipinski definition) is 3. The Morgan fingerprint density at radius 1 is 0.909 bits per heavy atom. The van der Waals surface area contributed by atoms with Gasteiger partial charge in [0.1, 0.15) is 6.61 Å². The highest BCUT2D eigenvalue weighted by molar-refractivity contribution is 6.35. The van der Waals surface area contributed by atoms with E-state index >= 15 is 0 Å². The molecule has 4 aliphatic carbocycles. The van der Waals surface area contributed by atoms with E-state index in [1.54, 1.807) is 6.07 Å². The zero-order valence-corrected chi connectivity index (χ0v) is 21.5. The minimum atomic E-state index is 0.287. The zero-order valence-electron chi connectivity index (χ0n) is 20.0. The molecular weight excluding hydrogens is 453 g/mol. The summed E-state index contributed by atoms with van der Waals surface area (Å²) < 4.78 is 12.0. The molecule has 4 fully saturated rings. The van der Waals surface area contributed by atoms with Crippen LogP contribution in [0.1, 0.15) is 70.4 Å². The predicted octanol–water partition coefficient (Wildman–Crippen LogP) is 7.81. The Morgan fingerprint density at radius 3 is 2.33 bits per heavy atom. The van der Waals surface area contributed by atoms with Gasteiger partial charge in [0.2, 0.25) is 0 Å². The lowest BCUT2D eigenvalue weighted by Gasteiger charge is -2.65. The smallest absolute Gasteiger partial charge is 0.161 e. The van der Waals surface area contributed by atoms with E-state index in [0.29, 0.717) is 34.1 Å². The molecule has 0 radical (unpaired) electrons. The number of halogens is 2. The highest BCUT2D eigenvalue weighted by atomic mass is 35.5. The summed E-state index contributed by atoms with van der Waals surface area (Å²) >= 11 is 12.3. The molecule has 4 saturated carbocycles. The van der Waals surface area contributed by atoms with Gasteiger partial charge < -0.3 is 14.8 Å². The molecule has 1 N–H and O–H groups in total. The van der Waals surface area contributed by atoms with Crippen molar-refractivity contribution >= 4 is 23.2 Å². The van der Waals surface area contributed by atoms with Crippen LogP contribution >= 0.6 is 23.2 Å². The van der Waals surface area contributed by atoms with E-state index in [2.05, 4.69) is 31.3 Å². The van der Waals surface area contributed by atoms with Crippen LogP contribution in [-0.4, -0.2) is 12.1 Å². The van der Waals surface area contributed by atoms with Gasteiger partial charge in [0.25, 0.3) is 0 Å². The molecular formula is C28H35Cl2NO2. The van der Waals surface area contributed by atoms with Crippen molar-refractivity contribution < 1.29 is 9.47 Å². The number of rotatable bonds is 8. The topological polar surface area (TPSA) is 30.5 Å². The van der Waals surface area contributed by atoms with E-state index in [1.807, 2.05) is 25.1 Å². The van der Waals surface area contributed by atoms with Gasteiger partial charge in [-0.25, -0.2) is 0 Å². The van der Waals surface area contributed by atoms with Crippen molar-refractivity contribution in [3.05, 3.63) is 57.6 Å². The highest BCUT2D eigenvalue weighted by Gasteiger charge is 2.59. The van der Waals surface area contributed by atoms with Gasteiger partial charge in [0, 0.05) is 27.7 Å². The second-order valence-corrected chi connectivity index (χ2v) is 12.3. The molecule has 2 aromatic rings. The lowest BCUT2D eigenvalue weighted by atomic mass is 9.43. The van der Waals surface area contributed by atoms with Crippen LogP contribution in [0.2, 0.25) is 10.0 Å². The third-order valence-corrected chi connectivity index (χ3v) is 8.59. The maximum absolute atomic E-state index is 6.31. The van der Waals surface area contributed by atoms with Gasteiger partial charge in [-0.3, -0.25) is 0 Å². The first kappa shape index (κ1) is 23.3. The average molecular weight is 488 g/mol. The summed E-state index contributed by atoms with van der Waals surface area (Å²) in [6.45, 7) is 8.88. The largest absolute Gasteiger partial charge is 0.490 e. The molecule has 178 valence electrons. The molecule has 0 aliphatic heterocycles. The van der Waals surface area contributed by atoms with Crippen LogP contribution in [0.3, 0.4) is 0 Å². The number of nitrogens with one attached hydrogen (secondary N) is 1. The Kier molecular flexibility index (Phi) is 6.12. The van der Waals surface area contributed by atoms with E-state index in [9.17, 15) is 0 Å². The first-order valence-corrected chi connectivity index (χ1v) is 13.0. The molecule has 2 atom stereocenters. The van der Waals surface area contributed by atoms with Gasteiger partial charge in [-0.15, -0.1) is 0 Å². The lowest BCUT2D eigenvalue weighted by Crippen LogP contribution is -2.63. The summed E-state index contributed by atoms with van der Waals surface area (Å²) in [5.41, 5.74) is 3.45. The van der Waals surface area contributed by atoms with Crippen molar-refractivity contribution in [1.82, 2.24) is 5.32 Å². The van der Waals surface area contributed by atoms with E-state index in [-0.39, 0.29) is 5.54 Å². The lowest BCUT2D eigenvalue weighted by molar-refractivity contribution is -0.118. The van der Waals surface area contributed by atoms with Gasteiger partial charge in [-0.2, -0.15) is 0 Å². The first-order chi connectivity index (χ1) is 15.7. The molecule has 0 amide bonds. The first-order valence-electron chi connectivity index (χ1n) is 12.3. The van der Waals surface area contributed by atoms with Gasteiger partial charge in [0.05, 0.1) is 6.61 Å². The molecule has 5 heteroatoms. The summed E-state index contributed by atoms with van der Waals surface area (Å²) in [6, 6.07) is 11.8. The second kappa shape index (κ2) is 8.66. The van der Waals surface area contributed by atoms with Crippen LogP contribution in [0.4, 0.5) is 0 Å². The minimum absolute atomic E-state index is 0.287. The van der Waals surface area contributed by atoms with Gasteiger partial charge in [-0.1, -0.05) is 49.2 Å². The second-order valence-electron chi connectivity index (χ2n) is 11.5. The average Bonchev–Trinajstić information content (AvgIpc) is 2.70. The van der Waals surface area contributed by atoms with Gasteiger partial charge >= 0.3 is 0 Å². The zero-order chi connectivity index (χ0) is 23.3. The maximum Gasteiger partial charge on any atom is 0.161 e. The molecule has 0 heterocycles. The minimum Gasteiger partial charge on any atom is -0.490 e. The SMILES string of the molecule is CCOc1cc(CNC23CC4CC(C)(CC(C)(C4)C2)C3)ccc1OCc1ccc(Cl)cc1Cl. The molecule has 2 aromatic carbocycles. The predicted molar refractivity (Wildman–Crippen MR) is 135 cm³/mol. The standard InChI is InChI=1S/C28H35Cl2NO2/c1-4-32-25-9-19(5-8-24(25)33-15-21-6-7-22(29)10-23(21)30)14-31-28-13-20-11-26(2,17-28)16-27(3,12-20)18-28/h5-10,20,31H,4,11-18H2,1-3H3. The Morgan fingerprint density at radius 2 is 1.67 bits per heavy atom. The maximum atomic E-state index is 6.31. The third-order valence-electron chi connectivity index (χ3n) is 8.00. The third kappa shape index (κ3) is 4.88. The van der Waals surface area contributed by atoms with Crippen LogP contribution in [0.15, 0.2) is 36.4 Å². The molecule has 3 nitrogen and oxygen atoms in total. The summed E-state index contributed by atoms with van der Waals surface area (Å²) in [5.74, 6) is 2.41. The summed E-state index contributed by atoms with van der Waals surface area (Å²) in [5, 5.41) is 5.26. The van der Waals surface area contributed by atoms with E-state index in [4.69, 9.17) is 32.7 Å². The number of hydrogen-bond donors (Lipinski definition) is 1. The van der Waals surface area contributed by atoms with Crippen molar-refractivity contribution in [3.8, 4) is 11.5 Å². The van der Waals surface area contributed by atoms with E-state index in [1.165, 1.54) is 44.1 Å². The fourth-order valence-electron chi connectivity index (χ4n) is 7.78. The van der Waals surface area contributed by atoms with Crippen LogP contribution < -0.4 is 14.8 Å². The molecule has 0 saturated heterocycles. The van der Waals surface area contributed by atoms with Crippen LogP contribution in [-0.2, 0) is 13.2 Å². The van der Waals surface area contributed by atoms with Crippen molar-refractivity contribution in [2.75, 3.05) is 6.61 Å².